The van der Waals surface area contributed by atoms with Gasteiger partial charge in [-0.15, -0.1) is 0 Å². The summed E-state index contributed by atoms with van der Waals surface area (Å²) in [5.74, 6) is -0.435. The molecule has 2 aromatic heterocycles. The lowest BCUT2D eigenvalue weighted by Gasteiger charge is -2.33. The molecule has 1 aromatic carbocycles. The van der Waals surface area contributed by atoms with E-state index in [1.807, 2.05) is 51.9 Å². The van der Waals surface area contributed by atoms with Gasteiger partial charge in [-0.2, -0.15) is 4.99 Å². The zero-order chi connectivity index (χ0) is 25.7. The number of carbonyl (C=O) groups excluding carboxylic acids is 2. The third-order valence-electron chi connectivity index (χ3n) is 5.94. The number of nitrogens with zero attached hydrogens (tertiary/aromatic N) is 4. The van der Waals surface area contributed by atoms with E-state index in [-0.39, 0.29) is 17.8 Å². The Morgan fingerprint density at radius 2 is 1.94 bits per heavy atom. The highest BCUT2D eigenvalue weighted by atomic mass is 32.2. The highest BCUT2D eigenvalue weighted by molar-refractivity contribution is 8.14. The fraction of sp³-hybridized carbons (Fsp3) is 0.385. The number of hydrogen-bond acceptors (Lipinski definition) is 6. The standard InChI is InChI=1S/C26H32N4O4SSi/c1-33-25(32)19-15-30(20-9-6-5-7-10-20)26(35-17-19)28-24(31)22-16-29(18-34-13-14-36(2,3)4)23-21(22)11-8-12-27-23/h5-12,16,19H,13-15,17-18H2,1-4H3/b28-26-. The lowest BCUT2D eigenvalue weighted by Crippen LogP contribution is -2.43. The molecular weight excluding hydrogens is 492 g/mol. The summed E-state index contributed by atoms with van der Waals surface area (Å²) in [5.41, 5.74) is 2.03. The summed E-state index contributed by atoms with van der Waals surface area (Å²) in [6.45, 7) is 8.34. The predicted octanol–water partition coefficient (Wildman–Crippen LogP) is 4.89. The number of hydrogen-bond donors (Lipinski definition) is 0. The molecule has 0 spiro atoms. The van der Waals surface area contributed by atoms with Gasteiger partial charge in [0.05, 0.1) is 18.6 Å². The molecule has 190 valence electrons. The maximum absolute atomic E-state index is 13.5. The number of para-hydroxylation sites is 1. The highest BCUT2D eigenvalue weighted by Gasteiger charge is 2.32. The first kappa shape index (κ1) is 26.1. The maximum atomic E-state index is 13.5. The third kappa shape index (κ3) is 6.24. The number of aromatic nitrogens is 2. The fourth-order valence-electron chi connectivity index (χ4n) is 3.91. The molecular formula is C26H32N4O4SSi. The molecule has 8 nitrogen and oxygen atoms in total. The van der Waals surface area contributed by atoms with Gasteiger partial charge in [-0.1, -0.05) is 49.6 Å². The van der Waals surface area contributed by atoms with Crippen molar-refractivity contribution in [3.05, 3.63) is 60.4 Å². The van der Waals surface area contributed by atoms with Gasteiger partial charge in [0.25, 0.3) is 5.91 Å². The average Bonchev–Trinajstić information content (AvgIpc) is 3.25. The van der Waals surface area contributed by atoms with Crippen LogP contribution in [0, 0.1) is 5.92 Å². The SMILES string of the molecule is COC(=O)C1CS/C(=N\C(=O)c2cn(COCC[Si](C)(C)C)c3ncccc23)N(c2ccccc2)C1. The minimum atomic E-state index is -1.19. The van der Waals surface area contributed by atoms with E-state index in [0.29, 0.717) is 42.0 Å². The van der Waals surface area contributed by atoms with Crippen molar-refractivity contribution in [1.82, 2.24) is 9.55 Å². The largest absolute Gasteiger partial charge is 0.469 e. The summed E-state index contributed by atoms with van der Waals surface area (Å²) >= 11 is 1.38. The minimum Gasteiger partial charge on any atom is -0.469 e. The fourth-order valence-corrected chi connectivity index (χ4v) is 5.74. The number of aliphatic imine (C=N–C) groups is 1. The summed E-state index contributed by atoms with van der Waals surface area (Å²) in [7, 11) is 0.201. The number of amidine groups is 1. The van der Waals surface area contributed by atoms with Crippen molar-refractivity contribution in [2.45, 2.75) is 32.4 Å². The van der Waals surface area contributed by atoms with E-state index in [1.54, 1.807) is 12.4 Å². The second-order valence-electron chi connectivity index (χ2n) is 9.91. The second-order valence-corrected chi connectivity index (χ2v) is 16.5. The number of benzene rings is 1. The van der Waals surface area contributed by atoms with Crippen molar-refractivity contribution in [3.8, 4) is 0 Å². The minimum absolute atomic E-state index is 0.267. The summed E-state index contributed by atoms with van der Waals surface area (Å²) in [4.78, 5) is 36.6. The molecule has 36 heavy (non-hydrogen) atoms. The smallest absolute Gasteiger partial charge is 0.311 e. The number of rotatable bonds is 8. The van der Waals surface area contributed by atoms with E-state index in [1.165, 1.54) is 18.9 Å². The van der Waals surface area contributed by atoms with Gasteiger partial charge in [-0.25, -0.2) is 4.98 Å². The molecule has 10 heteroatoms. The van der Waals surface area contributed by atoms with Crippen LogP contribution in [0.15, 0.2) is 59.9 Å². The molecule has 1 fully saturated rings. The van der Waals surface area contributed by atoms with Crippen LogP contribution >= 0.6 is 11.8 Å². The van der Waals surface area contributed by atoms with E-state index in [2.05, 4.69) is 29.6 Å². The monoisotopic (exact) mass is 524 g/mol. The quantitative estimate of drug-likeness (QED) is 0.236. The van der Waals surface area contributed by atoms with E-state index in [4.69, 9.17) is 9.47 Å². The molecule has 0 saturated carbocycles. The number of amides is 1. The van der Waals surface area contributed by atoms with Crippen LogP contribution in [-0.2, 0) is 21.0 Å². The number of esters is 1. The number of fused-ring (bicyclic) bond motifs is 1. The van der Waals surface area contributed by atoms with Gasteiger partial charge in [0.1, 0.15) is 12.4 Å². The van der Waals surface area contributed by atoms with Gasteiger partial charge >= 0.3 is 5.97 Å². The number of pyridine rings is 1. The first-order valence-corrected chi connectivity index (χ1v) is 16.6. The lowest BCUT2D eigenvalue weighted by molar-refractivity contribution is -0.144. The molecule has 1 aliphatic heterocycles. The van der Waals surface area contributed by atoms with E-state index >= 15 is 0 Å². The predicted molar refractivity (Wildman–Crippen MR) is 147 cm³/mol. The first-order valence-electron chi connectivity index (χ1n) is 11.9. The van der Waals surface area contributed by atoms with Crippen molar-refractivity contribution in [1.29, 1.82) is 0 Å². The summed E-state index contributed by atoms with van der Waals surface area (Å²) < 4.78 is 12.7. The van der Waals surface area contributed by atoms with Crippen molar-refractivity contribution < 1.29 is 19.1 Å². The van der Waals surface area contributed by atoms with Gasteiger partial charge < -0.3 is 18.9 Å². The Balaban J connectivity index is 1.60. The average molecular weight is 525 g/mol. The van der Waals surface area contributed by atoms with Crippen LogP contribution in [0.5, 0.6) is 0 Å². The number of thioether (sulfide) groups is 1. The third-order valence-corrected chi connectivity index (χ3v) is 8.78. The van der Waals surface area contributed by atoms with Crippen LogP contribution in [0.25, 0.3) is 11.0 Å². The molecule has 1 unspecified atom stereocenters. The van der Waals surface area contributed by atoms with Crippen LogP contribution in [0.4, 0.5) is 5.69 Å². The van der Waals surface area contributed by atoms with Gasteiger partial charge in [-0.3, -0.25) is 9.59 Å². The molecule has 4 rings (SSSR count). The Kier molecular flexibility index (Phi) is 8.27. The number of ether oxygens (including phenoxy) is 2. The Labute approximate surface area is 216 Å². The van der Waals surface area contributed by atoms with Gasteiger partial charge in [0.2, 0.25) is 0 Å². The van der Waals surface area contributed by atoms with E-state index in [0.717, 1.165) is 17.1 Å². The van der Waals surface area contributed by atoms with Crippen molar-refractivity contribution in [3.63, 3.8) is 0 Å². The molecule has 3 heterocycles. The molecule has 1 atom stereocenters. The summed E-state index contributed by atoms with van der Waals surface area (Å²) in [5, 5.41) is 1.29. The first-order chi connectivity index (χ1) is 17.3. The van der Waals surface area contributed by atoms with Crippen molar-refractivity contribution in [2.75, 3.05) is 30.9 Å². The number of methoxy groups -OCH3 is 1. The molecule has 3 aromatic rings. The molecule has 0 radical (unpaired) electrons. The van der Waals surface area contributed by atoms with Gasteiger partial charge in [-0.05, 0) is 30.3 Å². The zero-order valence-electron chi connectivity index (χ0n) is 21.1. The summed E-state index contributed by atoms with van der Waals surface area (Å²) in [6.07, 6.45) is 3.48. The Bertz CT molecular complexity index is 1260. The molecule has 1 aliphatic rings. The van der Waals surface area contributed by atoms with Crippen molar-refractivity contribution in [2.24, 2.45) is 10.9 Å². The second kappa shape index (κ2) is 11.4. The molecule has 0 bridgehead atoms. The number of carbonyl (C=O) groups is 2. The van der Waals surface area contributed by atoms with Crippen LogP contribution in [0.3, 0.4) is 0 Å². The van der Waals surface area contributed by atoms with Crippen LogP contribution in [-0.4, -0.2) is 60.7 Å². The lowest BCUT2D eigenvalue weighted by atomic mass is 10.1. The van der Waals surface area contributed by atoms with Gasteiger partial charge in [0.15, 0.2) is 5.17 Å². The molecule has 1 saturated heterocycles. The molecule has 0 N–H and O–H groups in total. The van der Waals surface area contributed by atoms with Crippen LogP contribution < -0.4 is 4.90 Å². The summed E-state index contributed by atoms with van der Waals surface area (Å²) in [6, 6.07) is 14.4. The number of anilines is 1. The van der Waals surface area contributed by atoms with Crippen molar-refractivity contribution >= 4 is 53.6 Å². The van der Waals surface area contributed by atoms with Gasteiger partial charge in [0, 0.05) is 50.4 Å². The maximum Gasteiger partial charge on any atom is 0.311 e. The molecule has 0 aliphatic carbocycles. The molecule has 1 amide bonds. The Morgan fingerprint density at radius 1 is 1.17 bits per heavy atom. The van der Waals surface area contributed by atoms with Crippen LogP contribution in [0.2, 0.25) is 25.7 Å². The zero-order valence-corrected chi connectivity index (χ0v) is 23.0. The van der Waals surface area contributed by atoms with E-state index in [9.17, 15) is 9.59 Å². The Morgan fingerprint density at radius 3 is 2.67 bits per heavy atom. The topological polar surface area (TPSA) is 86.0 Å². The van der Waals surface area contributed by atoms with E-state index < -0.39 is 8.07 Å². The normalized spacial score (nSPS) is 17.5. The Hall–Kier alpha value is -2.95. The highest BCUT2D eigenvalue weighted by Crippen LogP contribution is 2.29. The van der Waals surface area contributed by atoms with Crippen LogP contribution in [0.1, 0.15) is 10.4 Å².